The number of carbonyl (C=O) groups is 1. The van der Waals surface area contributed by atoms with Crippen molar-refractivity contribution in [3.8, 4) is 5.75 Å². The van der Waals surface area contributed by atoms with Crippen molar-refractivity contribution in [3.63, 3.8) is 0 Å². The minimum atomic E-state index is -0.911. The molecule has 1 heterocycles. The van der Waals surface area contributed by atoms with Crippen molar-refractivity contribution >= 4 is 17.7 Å². The predicted molar refractivity (Wildman–Crippen MR) is 73.5 cm³/mol. The third kappa shape index (κ3) is 4.30. The van der Waals surface area contributed by atoms with Crippen molar-refractivity contribution in [2.45, 2.75) is 10.3 Å². The van der Waals surface area contributed by atoms with Crippen molar-refractivity contribution in [1.82, 2.24) is 4.98 Å². The highest BCUT2D eigenvalue weighted by Gasteiger charge is 2.20. The van der Waals surface area contributed by atoms with Crippen LogP contribution in [0.25, 0.3) is 0 Å². The molecule has 4 nitrogen and oxygen atoms in total. The van der Waals surface area contributed by atoms with Crippen LogP contribution in [-0.2, 0) is 4.79 Å². The Morgan fingerprint density at radius 1 is 1.21 bits per heavy atom. The Kier molecular flexibility index (Phi) is 4.80. The summed E-state index contributed by atoms with van der Waals surface area (Å²) in [6.45, 7) is 0.0978. The normalized spacial score (nSPS) is 11.8. The third-order valence-electron chi connectivity index (χ3n) is 2.32. The zero-order valence-electron chi connectivity index (χ0n) is 10.1. The molecule has 0 aliphatic heterocycles. The summed E-state index contributed by atoms with van der Waals surface area (Å²) in [5.74, 6) is -0.248. The van der Waals surface area contributed by atoms with Crippen LogP contribution >= 0.6 is 11.8 Å². The number of hydrogen-bond donors (Lipinski definition) is 1. The van der Waals surface area contributed by atoms with Gasteiger partial charge in [-0.3, -0.25) is 4.79 Å². The highest BCUT2D eigenvalue weighted by molar-refractivity contribution is 8.00. The molecule has 19 heavy (non-hydrogen) atoms. The molecule has 2 rings (SSSR count). The molecule has 0 saturated heterocycles. The summed E-state index contributed by atoms with van der Waals surface area (Å²) in [4.78, 5) is 15.3. The molecule has 5 heteroatoms. The molecule has 0 aliphatic rings. The first-order chi connectivity index (χ1) is 9.25. The number of thioether (sulfide) groups is 1. The molecule has 1 unspecified atom stereocenters. The molecule has 1 aromatic carbocycles. The van der Waals surface area contributed by atoms with E-state index >= 15 is 0 Å². The number of carboxylic acids is 1. The first-order valence-electron chi connectivity index (χ1n) is 5.74. The minimum Gasteiger partial charge on any atom is -0.492 e. The van der Waals surface area contributed by atoms with Crippen molar-refractivity contribution < 1.29 is 14.6 Å². The van der Waals surface area contributed by atoms with E-state index in [0.717, 1.165) is 0 Å². The Labute approximate surface area is 115 Å². The number of pyridine rings is 1. The van der Waals surface area contributed by atoms with Crippen molar-refractivity contribution in [1.29, 1.82) is 0 Å². The van der Waals surface area contributed by atoms with Gasteiger partial charge in [0, 0.05) is 6.20 Å². The van der Waals surface area contributed by atoms with Gasteiger partial charge in [-0.15, -0.1) is 0 Å². The molecule has 0 bridgehead atoms. The van der Waals surface area contributed by atoms with E-state index in [9.17, 15) is 9.90 Å². The lowest BCUT2D eigenvalue weighted by molar-refractivity contribution is -0.136. The monoisotopic (exact) mass is 275 g/mol. The molecule has 0 fully saturated rings. The zero-order valence-corrected chi connectivity index (χ0v) is 10.9. The van der Waals surface area contributed by atoms with Crippen LogP contribution in [0.1, 0.15) is 0 Å². The second kappa shape index (κ2) is 6.80. The summed E-state index contributed by atoms with van der Waals surface area (Å²) in [7, 11) is 0. The van der Waals surface area contributed by atoms with Crippen molar-refractivity contribution in [2.24, 2.45) is 0 Å². The minimum absolute atomic E-state index is 0.0978. The number of aliphatic carboxylic acids is 1. The lowest BCUT2D eigenvalue weighted by atomic mass is 10.3. The number of carboxylic acid groups (broad SMARTS) is 1. The Hall–Kier alpha value is -2.01. The Balaban J connectivity index is 1.95. The van der Waals surface area contributed by atoms with E-state index in [1.807, 2.05) is 24.3 Å². The van der Waals surface area contributed by atoms with Gasteiger partial charge in [-0.2, -0.15) is 0 Å². The van der Waals surface area contributed by atoms with E-state index in [1.165, 1.54) is 11.8 Å². The summed E-state index contributed by atoms with van der Waals surface area (Å²) in [6, 6.07) is 14.6. The topological polar surface area (TPSA) is 59.4 Å². The van der Waals surface area contributed by atoms with E-state index in [1.54, 1.807) is 30.5 Å². The number of aromatic nitrogens is 1. The highest BCUT2D eigenvalue weighted by Crippen LogP contribution is 2.22. The summed E-state index contributed by atoms with van der Waals surface area (Å²) in [5, 5.41) is 9.17. The fourth-order valence-electron chi connectivity index (χ4n) is 1.41. The SMILES string of the molecule is O=C(O)C(COc1ccccc1)Sc1ccccn1. The van der Waals surface area contributed by atoms with E-state index in [4.69, 9.17) is 4.74 Å². The average Bonchev–Trinajstić information content (AvgIpc) is 2.45. The molecule has 98 valence electrons. The first kappa shape index (κ1) is 13.4. The number of nitrogens with zero attached hydrogens (tertiary/aromatic N) is 1. The Bertz CT molecular complexity index is 519. The predicted octanol–water partition coefficient (Wildman–Crippen LogP) is 2.71. The molecule has 0 aliphatic carbocycles. The number of ether oxygens (including phenoxy) is 1. The maximum atomic E-state index is 11.2. The number of para-hydroxylation sites is 1. The van der Waals surface area contributed by atoms with Crippen LogP contribution in [-0.4, -0.2) is 27.9 Å². The van der Waals surface area contributed by atoms with Gasteiger partial charge in [0.15, 0.2) is 0 Å². The number of rotatable bonds is 6. The van der Waals surface area contributed by atoms with E-state index in [-0.39, 0.29) is 6.61 Å². The fraction of sp³-hybridized carbons (Fsp3) is 0.143. The first-order valence-corrected chi connectivity index (χ1v) is 6.62. The zero-order chi connectivity index (χ0) is 13.5. The lowest BCUT2D eigenvalue weighted by Gasteiger charge is -2.12. The summed E-state index contributed by atoms with van der Waals surface area (Å²) in [5.41, 5.74) is 0. The molecule has 0 amide bonds. The molecule has 2 aromatic rings. The standard InChI is InChI=1S/C14H13NO3S/c16-14(17)12(19-13-8-4-5-9-15-13)10-18-11-6-2-1-3-7-11/h1-9,12H,10H2,(H,16,17). The molecular formula is C14H13NO3S. The Morgan fingerprint density at radius 3 is 2.58 bits per heavy atom. The molecule has 1 N–H and O–H groups in total. The quantitative estimate of drug-likeness (QED) is 0.821. The van der Waals surface area contributed by atoms with Gasteiger partial charge >= 0.3 is 5.97 Å². The molecular weight excluding hydrogens is 262 g/mol. The molecule has 0 radical (unpaired) electrons. The maximum Gasteiger partial charge on any atom is 0.320 e. The van der Waals surface area contributed by atoms with Gasteiger partial charge in [0.25, 0.3) is 0 Å². The summed E-state index contributed by atoms with van der Waals surface area (Å²) < 4.78 is 5.47. The molecule has 1 aromatic heterocycles. The van der Waals surface area contributed by atoms with Crippen LogP contribution in [0.3, 0.4) is 0 Å². The van der Waals surface area contributed by atoms with Crippen LogP contribution in [0, 0.1) is 0 Å². The molecule has 0 saturated carbocycles. The van der Waals surface area contributed by atoms with Crippen LogP contribution in [0.15, 0.2) is 59.8 Å². The second-order valence-electron chi connectivity index (χ2n) is 3.74. The maximum absolute atomic E-state index is 11.2. The van der Waals surface area contributed by atoms with E-state index in [0.29, 0.717) is 10.8 Å². The van der Waals surface area contributed by atoms with Crippen LogP contribution in [0.4, 0.5) is 0 Å². The average molecular weight is 275 g/mol. The van der Waals surface area contributed by atoms with Crippen LogP contribution < -0.4 is 4.74 Å². The second-order valence-corrected chi connectivity index (χ2v) is 4.96. The lowest BCUT2D eigenvalue weighted by Crippen LogP contribution is -2.24. The third-order valence-corrected chi connectivity index (χ3v) is 3.43. The van der Waals surface area contributed by atoms with Gasteiger partial charge in [0.05, 0.1) is 5.03 Å². The van der Waals surface area contributed by atoms with E-state index < -0.39 is 11.2 Å². The summed E-state index contributed by atoms with van der Waals surface area (Å²) in [6.07, 6.45) is 1.64. The largest absolute Gasteiger partial charge is 0.492 e. The van der Waals surface area contributed by atoms with Gasteiger partial charge in [0.2, 0.25) is 0 Å². The van der Waals surface area contributed by atoms with Crippen molar-refractivity contribution in [3.05, 3.63) is 54.7 Å². The van der Waals surface area contributed by atoms with E-state index in [2.05, 4.69) is 4.98 Å². The van der Waals surface area contributed by atoms with Gasteiger partial charge in [0.1, 0.15) is 17.6 Å². The van der Waals surface area contributed by atoms with Crippen molar-refractivity contribution in [2.75, 3.05) is 6.61 Å². The molecule has 0 spiro atoms. The van der Waals surface area contributed by atoms with Gasteiger partial charge in [-0.1, -0.05) is 36.0 Å². The fourth-order valence-corrected chi connectivity index (χ4v) is 2.21. The number of hydrogen-bond acceptors (Lipinski definition) is 4. The number of benzene rings is 1. The van der Waals surface area contributed by atoms with Gasteiger partial charge in [-0.05, 0) is 24.3 Å². The Morgan fingerprint density at radius 2 is 1.95 bits per heavy atom. The summed E-state index contributed by atoms with van der Waals surface area (Å²) >= 11 is 1.18. The van der Waals surface area contributed by atoms with Gasteiger partial charge < -0.3 is 9.84 Å². The van der Waals surface area contributed by atoms with Crippen LogP contribution in [0.5, 0.6) is 5.75 Å². The highest BCUT2D eigenvalue weighted by atomic mass is 32.2. The smallest absolute Gasteiger partial charge is 0.320 e. The van der Waals surface area contributed by atoms with Crippen LogP contribution in [0.2, 0.25) is 0 Å². The molecule has 1 atom stereocenters. The van der Waals surface area contributed by atoms with Gasteiger partial charge in [-0.25, -0.2) is 4.98 Å².